The minimum atomic E-state index is 0. The molecule has 0 nitrogen and oxygen atoms in total. The monoisotopic (exact) mass is 120 g/mol. The van der Waals surface area contributed by atoms with Crippen LogP contribution < -0.4 is 0 Å². The van der Waals surface area contributed by atoms with Crippen molar-refractivity contribution in [2.24, 2.45) is 0 Å². The fourth-order valence-electron chi connectivity index (χ4n) is 0.614. The maximum atomic E-state index is 2.69. The van der Waals surface area contributed by atoms with Crippen LogP contribution in [0.2, 0.25) is 0 Å². The second-order valence-corrected chi connectivity index (χ2v) is 2.10. The van der Waals surface area contributed by atoms with E-state index in [-0.39, 0.29) is 2.85 Å². The van der Waals surface area contributed by atoms with Crippen molar-refractivity contribution in [3.8, 4) is 0 Å². The van der Waals surface area contributed by atoms with Gasteiger partial charge >= 0.3 is 57.5 Å². The van der Waals surface area contributed by atoms with Crippen molar-refractivity contribution >= 4 is 16.3 Å². The van der Waals surface area contributed by atoms with Gasteiger partial charge in [0.1, 0.15) is 0 Å². The molecular weight excluding hydrogens is 111 g/mol. The Kier molecular flexibility index (Phi) is 2.14. The van der Waals surface area contributed by atoms with E-state index < -0.39 is 0 Å². The molecule has 0 bridgehead atoms. The molecule has 1 heteroatoms. The molecule has 0 heterocycles. The third-order valence-corrected chi connectivity index (χ3v) is 1.55. The summed E-state index contributed by atoms with van der Waals surface area (Å²) in [6, 6.07) is 10.4. The summed E-state index contributed by atoms with van der Waals surface area (Å²) < 4.78 is 0. The Morgan fingerprint density at radius 2 is 1.88 bits per heavy atom. The van der Waals surface area contributed by atoms with Crippen LogP contribution in [0.25, 0.3) is 0 Å². The normalized spacial score (nSPS) is 9.25. The first-order chi connectivity index (χ1) is 3.93. The average molecular weight is 120 g/mol. The molecule has 0 aliphatic carbocycles. The molecule has 0 saturated heterocycles. The summed E-state index contributed by atoms with van der Waals surface area (Å²) in [6.07, 6.45) is 0. The fraction of sp³-hybridized carbons (Fsp3) is 0.143. The van der Waals surface area contributed by atoms with Crippen molar-refractivity contribution in [1.82, 2.24) is 0 Å². The Morgan fingerprint density at radius 1 is 1.25 bits per heavy atom. The van der Waals surface area contributed by atoms with E-state index in [4.69, 9.17) is 0 Å². The summed E-state index contributed by atoms with van der Waals surface area (Å²) in [6.45, 7) is 0. The maximum Gasteiger partial charge on any atom is -1.00 e. The Morgan fingerprint density at radius 3 is 2.25 bits per heavy atom. The van der Waals surface area contributed by atoms with Gasteiger partial charge in [-0.15, -0.1) is 0 Å². The van der Waals surface area contributed by atoms with E-state index in [1.54, 1.807) is 0 Å². The van der Waals surface area contributed by atoms with E-state index in [1.165, 1.54) is 5.56 Å². The molecule has 1 aromatic rings. The second kappa shape index (κ2) is 2.92. The first-order valence-electron chi connectivity index (χ1n) is 2.67. The molecule has 1 aromatic carbocycles. The van der Waals surface area contributed by atoms with Crippen LogP contribution in [0, 0.1) is 0 Å². The van der Waals surface area contributed by atoms with E-state index in [9.17, 15) is 0 Å². The van der Waals surface area contributed by atoms with Crippen LogP contribution in [0.3, 0.4) is 0 Å². The molecule has 0 amide bonds. The van der Waals surface area contributed by atoms with Gasteiger partial charge in [-0.2, -0.15) is 0 Å². The second-order valence-electron chi connectivity index (χ2n) is 1.69. The van der Waals surface area contributed by atoms with E-state index in [1.807, 2.05) is 6.07 Å². The first-order valence-corrected chi connectivity index (χ1v) is 3.49. The third kappa shape index (κ3) is 1.37. The van der Waals surface area contributed by atoms with Crippen LogP contribution in [0.4, 0.5) is 0 Å². The van der Waals surface area contributed by atoms with Gasteiger partial charge in [0.05, 0.1) is 0 Å². The number of hydrogen-bond donors (Lipinski definition) is 0. The quantitative estimate of drug-likeness (QED) is 0.493. The molecule has 1 rings (SSSR count). The smallest absolute Gasteiger partial charge is 1.00 e. The average Bonchev–Trinajstić information content (AvgIpc) is 1.90. The van der Waals surface area contributed by atoms with Gasteiger partial charge in [0.2, 0.25) is 0 Å². The zero-order valence-electron chi connectivity index (χ0n) is 6.67. The van der Waals surface area contributed by atoms with Crippen LogP contribution in [-0.4, -0.2) is 16.3 Å². The Labute approximate surface area is 60.9 Å². The third-order valence-electron chi connectivity index (χ3n) is 1.08. The molecule has 0 N–H and O–H groups in total. The summed E-state index contributed by atoms with van der Waals surface area (Å²) >= 11 is 2.69. The molecule has 40 valence electrons. The molecule has 0 saturated carbocycles. The number of benzene rings is 1. The minimum absolute atomic E-state index is 0. The Bertz CT molecular complexity index is 153. The van der Waals surface area contributed by atoms with Gasteiger partial charge < -0.3 is 2.85 Å². The largest absolute Gasteiger partial charge is 1.00 e. The first kappa shape index (κ1) is 5.88. The van der Waals surface area contributed by atoms with Crippen molar-refractivity contribution in [3.05, 3.63) is 35.9 Å². The van der Waals surface area contributed by atoms with Crippen LogP contribution >= 0.6 is 0 Å². The van der Waals surface area contributed by atoms with Crippen LogP contribution in [0.5, 0.6) is 0 Å². The standard InChI is InChI=1S/C7H7.Al.2H/c1-7-5-3-2-4-6-7;;;/h2-6H,1H2;;;/q;+2;2*-1. The molecule has 0 fully saturated rings. The summed E-state index contributed by atoms with van der Waals surface area (Å²) in [5.74, 6) is 0. The summed E-state index contributed by atoms with van der Waals surface area (Å²) in [4.78, 5) is 0. The molecule has 0 aliphatic rings. The molecule has 8 heavy (non-hydrogen) atoms. The molecule has 0 spiro atoms. The molecule has 0 atom stereocenters. The fourth-order valence-corrected chi connectivity index (χ4v) is 0.886. The van der Waals surface area contributed by atoms with Gasteiger partial charge in [0.15, 0.2) is 0 Å². The molecule has 0 radical (unpaired) electrons. The topological polar surface area (TPSA) is 0 Å². The predicted octanol–water partition coefficient (Wildman–Crippen LogP) is 1.58. The van der Waals surface area contributed by atoms with E-state index in [0.29, 0.717) is 0 Å². The van der Waals surface area contributed by atoms with Crippen LogP contribution in [0.15, 0.2) is 30.3 Å². The van der Waals surface area contributed by atoms with Gasteiger partial charge in [-0.25, -0.2) is 0 Å². The van der Waals surface area contributed by atoms with E-state index in [0.717, 1.165) is 5.28 Å². The SMILES string of the molecule is [Al+2][CH2]c1ccccc1.[H-].[H-]. The van der Waals surface area contributed by atoms with Gasteiger partial charge in [-0.3, -0.25) is 0 Å². The zero-order chi connectivity index (χ0) is 5.82. The van der Waals surface area contributed by atoms with Crippen LogP contribution in [0.1, 0.15) is 8.42 Å². The van der Waals surface area contributed by atoms with Gasteiger partial charge in [0.25, 0.3) is 0 Å². The van der Waals surface area contributed by atoms with Crippen molar-refractivity contribution in [2.45, 2.75) is 5.28 Å². The molecule has 0 unspecified atom stereocenters. The Hall–Kier alpha value is -0.248. The van der Waals surface area contributed by atoms with Crippen molar-refractivity contribution < 1.29 is 2.85 Å². The minimum Gasteiger partial charge on any atom is -1.00 e. The van der Waals surface area contributed by atoms with Gasteiger partial charge in [-0.05, 0) is 0 Å². The molecule has 0 aromatic heterocycles. The summed E-state index contributed by atoms with van der Waals surface area (Å²) in [5.41, 5.74) is 1.37. The van der Waals surface area contributed by atoms with Crippen molar-refractivity contribution in [1.29, 1.82) is 0 Å². The predicted molar refractivity (Wildman–Crippen MR) is 38.1 cm³/mol. The van der Waals surface area contributed by atoms with E-state index >= 15 is 0 Å². The number of rotatable bonds is 1. The summed E-state index contributed by atoms with van der Waals surface area (Å²) in [7, 11) is 0. The van der Waals surface area contributed by atoms with Crippen molar-refractivity contribution in [3.63, 3.8) is 0 Å². The van der Waals surface area contributed by atoms with Crippen LogP contribution in [-0.2, 0) is 5.28 Å². The summed E-state index contributed by atoms with van der Waals surface area (Å²) in [5, 5.41) is 1.06. The van der Waals surface area contributed by atoms with Crippen molar-refractivity contribution in [2.75, 3.05) is 0 Å². The van der Waals surface area contributed by atoms with E-state index in [2.05, 4.69) is 40.6 Å². The Balaban J connectivity index is 0. The maximum absolute atomic E-state index is 2.69. The molecular formula is C7H9Al. The number of hydrogen-bond acceptors (Lipinski definition) is 0. The zero-order valence-corrected chi connectivity index (χ0v) is 5.83. The van der Waals surface area contributed by atoms with Gasteiger partial charge in [0, 0.05) is 0 Å². The molecule has 0 aliphatic heterocycles. The van der Waals surface area contributed by atoms with Gasteiger partial charge in [-0.1, -0.05) is 0 Å².